The highest BCUT2D eigenvalue weighted by Crippen LogP contribution is 2.23. The van der Waals surface area contributed by atoms with E-state index in [0.29, 0.717) is 12.8 Å². The minimum atomic E-state index is -0.874. The summed E-state index contributed by atoms with van der Waals surface area (Å²) < 4.78 is 1.20. The molecule has 7 nitrogen and oxygen atoms in total. The zero-order valence-corrected chi connectivity index (χ0v) is 11.7. The third kappa shape index (κ3) is 4.14. The molecule has 1 amide bonds. The van der Waals surface area contributed by atoms with Gasteiger partial charge in [-0.3, -0.25) is 14.2 Å². The first kappa shape index (κ1) is 15.2. The maximum Gasteiger partial charge on any atom is 0.347 e. The van der Waals surface area contributed by atoms with E-state index < -0.39 is 17.6 Å². The van der Waals surface area contributed by atoms with Crippen molar-refractivity contribution in [3.05, 3.63) is 28.9 Å². The Hall–Kier alpha value is -2.18. The summed E-state index contributed by atoms with van der Waals surface area (Å²) in [6.07, 6.45) is 6.84. The van der Waals surface area contributed by atoms with Crippen LogP contribution in [-0.2, 0) is 16.1 Å². The van der Waals surface area contributed by atoms with E-state index in [4.69, 9.17) is 0 Å². The van der Waals surface area contributed by atoms with E-state index in [1.807, 2.05) is 0 Å². The van der Waals surface area contributed by atoms with Gasteiger partial charge in [0.1, 0.15) is 6.54 Å². The summed E-state index contributed by atoms with van der Waals surface area (Å²) in [6.45, 7) is -0.143. The number of nitrogens with one attached hydrogen (secondary N) is 1. The molecule has 2 atom stereocenters. The van der Waals surface area contributed by atoms with Crippen LogP contribution in [0.4, 0.5) is 0 Å². The summed E-state index contributed by atoms with van der Waals surface area (Å²) in [5.74, 6) is -1.79. The van der Waals surface area contributed by atoms with Crippen LogP contribution in [0.5, 0.6) is 0 Å². The molecule has 1 aliphatic rings. The van der Waals surface area contributed by atoms with E-state index in [9.17, 15) is 19.5 Å². The van der Waals surface area contributed by atoms with Gasteiger partial charge in [-0.25, -0.2) is 9.78 Å². The number of carbonyl (C=O) groups excluding carboxylic acids is 1. The molecule has 1 aromatic heterocycles. The molecule has 0 saturated heterocycles. The molecule has 2 rings (SSSR count). The van der Waals surface area contributed by atoms with Crippen LogP contribution in [0.25, 0.3) is 0 Å². The van der Waals surface area contributed by atoms with E-state index in [1.165, 1.54) is 17.0 Å². The number of aliphatic carboxylic acids is 1. The third-order valence-electron chi connectivity index (χ3n) is 3.78. The fraction of sp³-hybridized carbons (Fsp3) is 0.571. The third-order valence-corrected chi connectivity index (χ3v) is 3.78. The van der Waals surface area contributed by atoms with Crippen molar-refractivity contribution in [2.75, 3.05) is 0 Å². The van der Waals surface area contributed by atoms with Gasteiger partial charge in [-0.1, -0.05) is 19.3 Å². The summed E-state index contributed by atoms with van der Waals surface area (Å²) in [5.41, 5.74) is -0.497. The molecule has 0 aliphatic heterocycles. The largest absolute Gasteiger partial charge is 0.481 e. The topological polar surface area (TPSA) is 101 Å². The number of hydrogen-bond donors (Lipinski definition) is 2. The Morgan fingerprint density at radius 3 is 2.81 bits per heavy atom. The number of aromatic nitrogens is 2. The molecule has 7 heteroatoms. The smallest absolute Gasteiger partial charge is 0.347 e. The van der Waals surface area contributed by atoms with Crippen molar-refractivity contribution in [3.63, 3.8) is 0 Å². The van der Waals surface area contributed by atoms with Crippen molar-refractivity contribution in [2.24, 2.45) is 5.92 Å². The Kier molecular flexibility index (Phi) is 5.08. The van der Waals surface area contributed by atoms with Gasteiger partial charge in [0.2, 0.25) is 5.91 Å². The second-order valence-corrected chi connectivity index (χ2v) is 5.29. The summed E-state index contributed by atoms with van der Waals surface area (Å²) in [5, 5.41) is 12.0. The van der Waals surface area contributed by atoms with Crippen LogP contribution >= 0.6 is 0 Å². The van der Waals surface area contributed by atoms with Crippen molar-refractivity contribution in [1.82, 2.24) is 14.9 Å². The SMILES string of the molecule is O=C(Cn1cccnc1=O)NC1CCCCCC1C(=O)O. The molecule has 2 N–H and O–H groups in total. The van der Waals surface area contributed by atoms with Crippen LogP contribution in [0.1, 0.15) is 32.1 Å². The van der Waals surface area contributed by atoms with E-state index >= 15 is 0 Å². The van der Waals surface area contributed by atoms with Gasteiger partial charge >= 0.3 is 11.7 Å². The van der Waals surface area contributed by atoms with Gasteiger partial charge in [0.05, 0.1) is 5.92 Å². The van der Waals surface area contributed by atoms with E-state index in [2.05, 4.69) is 10.3 Å². The average molecular weight is 293 g/mol. The van der Waals surface area contributed by atoms with E-state index in [1.54, 1.807) is 6.07 Å². The molecule has 114 valence electrons. The van der Waals surface area contributed by atoms with E-state index in [0.717, 1.165) is 19.3 Å². The van der Waals surface area contributed by atoms with Gasteiger partial charge in [-0.05, 0) is 18.9 Å². The van der Waals surface area contributed by atoms with Crippen LogP contribution in [-0.4, -0.2) is 32.6 Å². The first-order chi connectivity index (χ1) is 10.1. The predicted molar refractivity (Wildman–Crippen MR) is 74.6 cm³/mol. The van der Waals surface area contributed by atoms with Crippen molar-refractivity contribution < 1.29 is 14.7 Å². The first-order valence-electron chi connectivity index (χ1n) is 7.11. The zero-order valence-electron chi connectivity index (χ0n) is 11.7. The number of carboxylic acids is 1. The van der Waals surface area contributed by atoms with Crippen molar-refractivity contribution >= 4 is 11.9 Å². The first-order valence-corrected chi connectivity index (χ1v) is 7.11. The molecule has 1 heterocycles. The van der Waals surface area contributed by atoms with Crippen molar-refractivity contribution in [1.29, 1.82) is 0 Å². The molecule has 1 saturated carbocycles. The fourth-order valence-corrected chi connectivity index (χ4v) is 2.69. The molecule has 0 spiro atoms. The number of amides is 1. The van der Waals surface area contributed by atoms with Crippen molar-refractivity contribution in [2.45, 2.75) is 44.7 Å². The number of hydrogen-bond acceptors (Lipinski definition) is 4. The molecule has 0 radical (unpaired) electrons. The Morgan fingerprint density at radius 1 is 1.33 bits per heavy atom. The molecule has 0 bridgehead atoms. The zero-order chi connectivity index (χ0) is 15.2. The fourth-order valence-electron chi connectivity index (χ4n) is 2.69. The summed E-state index contributed by atoms with van der Waals surface area (Å²) in [6, 6.07) is 1.20. The second kappa shape index (κ2) is 7.01. The highest BCUT2D eigenvalue weighted by molar-refractivity contribution is 5.78. The maximum atomic E-state index is 12.0. The van der Waals surface area contributed by atoms with Gasteiger partial charge in [0.25, 0.3) is 0 Å². The predicted octanol–water partition coefficient (Wildman–Crippen LogP) is 0.393. The molecule has 2 unspecified atom stereocenters. The minimum absolute atomic E-state index is 0.143. The Morgan fingerprint density at radius 2 is 2.10 bits per heavy atom. The van der Waals surface area contributed by atoms with Gasteiger partial charge < -0.3 is 10.4 Å². The molecule has 1 fully saturated rings. The van der Waals surface area contributed by atoms with E-state index in [-0.39, 0.29) is 18.5 Å². The van der Waals surface area contributed by atoms with Gasteiger partial charge in [-0.2, -0.15) is 0 Å². The van der Waals surface area contributed by atoms with Crippen LogP contribution in [0.2, 0.25) is 0 Å². The summed E-state index contributed by atoms with van der Waals surface area (Å²) in [4.78, 5) is 38.3. The second-order valence-electron chi connectivity index (χ2n) is 5.29. The monoisotopic (exact) mass is 293 g/mol. The van der Waals surface area contributed by atoms with Crippen LogP contribution in [0.3, 0.4) is 0 Å². The Labute approximate surface area is 122 Å². The van der Waals surface area contributed by atoms with Crippen molar-refractivity contribution in [3.8, 4) is 0 Å². The lowest BCUT2D eigenvalue weighted by molar-refractivity contribution is -0.143. The molecule has 1 aromatic rings. The molecular weight excluding hydrogens is 274 g/mol. The molecule has 21 heavy (non-hydrogen) atoms. The Bertz CT molecular complexity index is 569. The number of rotatable bonds is 4. The van der Waals surface area contributed by atoms with Crippen LogP contribution < -0.4 is 11.0 Å². The lowest BCUT2D eigenvalue weighted by atomic mass is 9.95. The van der Waals surface area contributed by atoms with Crippen LogP contribution in [0.15, 0.2) is 23.3 Å². The molecule has 0 aromatic carbocycles. The number of carbonyl (C=O) groups is 2. The average Bonchev–Trinajstić information content (AvgIpc) is 2.67. The number of nitrogens with zero attached hydrogens (tertiary/aromatic N) is 2. The normalized spacial score (nSPS) is 22.3. The lowest BCUT2D eigenvalue weighted by Gasteiger charge is -2.23. The quantitative estimate of drug-likeness (QED) is 0.782. The van der Waals surface area contributed by atoms with Gasteiger partial charge in [0, 0.05) is 18.4 Å². The molecule has 1 aliphatic carbocycles. The Balaban J connectivity index is 2.01. The van der Waals surface area contributed by atoms with Crippen LogP contribution in [0, 0.1) is 5.92 Å². The number of carboxylic acid groups (broad SMARTS) is 1. The summed E-state index contributed by atoms with van der Waals surface area (Å²) in [7, 11) is 0. The lowest BCUT2D eigenvalue weighted by Crippen LogP contribution is -2.45. The van der Waals surface area contributed by atoms with Gasteiger partial charge in [0.15, 0.2) is 0 Å². The summed E-state index contributed by atoms with van der Waals surface area (Å²) >= 11 is 0. The standard InChI is InChI=1S/C14H19N3O4/c18-12(9-17-8-4-7-15-14(17)21)16-11-6-3-1-2-5-10(11)13(19)20/h4,7-8,10-11H,1-3,5-6,9H2,(H,16,18)(H,19,20). The minimum Gasteiger partial charge on any atom is -0.481 e. The molecular formula is C14H19N3O4. The van der Waals surface area contributed by atoms with Gasteiger partial charge in [-0.15, -0.1) is 0 Å². The highest BCUT2D eigenvalue weighted by atomic mass is 16.4. The highest BCUT2D eigenvalue weighted by Gasteiger charge is 2.30. The maximum absolute atomic E-state index is 12.0.